The summed E-state index contributed by atoms with van der Waals surface area (Å²) < 4.78 is 0. The lowest BCUT2D eigenvalue weighted by atomic mass is 10.1. The third-order valence-corrected chi connectivity index (χ3v) is 4.91. The van der Waals surface area contributed by atoms with Crippen LogP contribution in [0.5, 0.6) is 0 Å². The predicted octanol–water partition coefficient (Wildman–Crippen LogP) is 3.80. The van der Waals surface area contributed by atoms with Gasteiger partial charge >= 0.3 is 0 Å². The van der Waals surface area contributed by atoms with Crippen LogP contribution in [0.1, 0.15) is 62.6 Å². The summed E-state index contributed by atoms with van der Waals surface area (Å²) >= 11 is 0. The summed E-state index contributed by atoms with van der Waals surface area (Å²) in [7, 11) is 2.23. The topological polar surface area (TPSA) is 28.2 Å². The van der Waals surface area contributed by atoms with E-state index < -0.39 is 0 Å². The van der Waals surface area contributed by atoms with Crippen LogP contribution in [-0.4, -0.2) is 24.1 Å². The van der Waals surface area contributed by atoms with Crippen molar-refractivity contribution in [3.8, 4) is 0 Å². The van der Waals surface area contributed by atoms with Crippen molar-refractivity contribution in [2.75, 3.05) is 11.9 Å². The highest BCUT2D eigenvalue weighted by Crippen LogP contribution is 2.25. The monoisotopic (exact) mass is 287 g/mol. The zero-order chi connectivity index (χ0) is 14.7. The second-order valence-electron chi connectivity index (χ2n) is 6.89. The van der Waals surface area contributed by atoms with E-state index >= 15 is 0 Å². The van der Waals surface area contributed by atoms with E-state index in [0.717, 1.165) is 24.1 Å². The van der Waals surface area contributed by atoms with E-state index in [0.29, 0.717) is 6.04 Å². The van der Waals surface area contributed by atoms with E-state index in [1.54, 1.807) is 0 Å². The second kappa shape index (κ2) is 6.78. The first-order chi connectivity index (χ1) is 10.2. The summed E-state index contributed by atoms with van der Waals surface area (Å²) in [6, 6.07) is 5.94. The first-order valence-corrected chi connectivity index (χ1v) is 8.66. The van der Waals surface area contributed by atoms with Gasteiger partial charge in [0.2, 0.25) is 0 Å². The highest BCUT2D eigenvalue weighted by atomic mass is 15.2. The van der Waals surface area contributed by atoms with Crippen LogP contribution in [0, 0.1) is 6.92 Å². The van der Waals surface area contributed by atoms with E-state index in [2.05, 4.69) is 36.3 Å². The van der Waals surface area contributed by atoms with E-state index in [9.17, 15) is 0 Å². The van der Waals surface area contributed by atoms with Gasteiger partial charge in [-0.05, 0) is 50.3 Å². The van der Waals surface area contributed by atoms with E-state index in [-0.39, 0.29) is 0 Å². The van der Waals surface area contributed by atoms with E-state index in [4.69, 9.17) is 4.98 Å². The summed E-state index contributed by atoms with van der Waals surface area (Å²) in [5, 5.41) is 3.61. The lowest BCUT2D eigenvalue weighted by molar-refractivity contribution is 0.548. The first kappa shape index (κ1) is 14.8. The minimum Gasteiger partial charge on any atom is -0.357 e. The number of nitrogens with one attached hydrogen (secondary N) is 1. The lowest BCUT2D eigenvalue weighted by Gasteiger charge is -2.29. The number of aryl methyl sites for hydroxylation is 1. The zero-order valence-corrected chi connectivity index (χ0v) is 13.6. The Kier molecular flexibility index (Phi) is 4.79. The van der Waals surface area contributed by atoms with Gasteiger partial charge in [-0.25, -0.2) is 4.98 Å². The molecule has 2 saturated carbocycles. The average molecular weight is 287 g/mol. The quantitative estimate of drug-likeness (QED) is 0.835. The Morgan fingerprint density at radius 1 is 1.10 bits per heavy atom. The van der Waals surface area contributed by atoms with Crippen molar-refractivity contribution >= 4 is 5.82 Å². The van der Waals surface area contributed by atoms with Gasteiger partial charge in [-0.3, -0.25) is 0 Å². The maximum Gasteiger partial charge on any atom is 0.129 e. The highest BCUT2D eigenvalue weighted by Gasteiger charge is 2.21. The summed E-state index contributed by atoms with van der Waals surface area (Å²) in [5.74, 6) is 1.16. The Balaban J connectivity index is 1.69. The molecule has 116 valence electrons. The molecule has 3 nitrogen and oxygen atoms in total. The largest absolute Gasteiger partial charge is 0.357 e. The van der Waals surface area contributed by atoms with Crippen LogP contribution < -0.4 is 10.2 Å². The maximum atomic E-state index is 4.78. The summed E-state index contributed by atoms with van der Waals surface area (Å²) in [6.07, 6.45) is 10.9. The molecule has 2 aliphatic rings. The van der Waals surface area contributed by atoms with Crippen molar-refractivity contribution in [1.82, 2.24) is 10.3 Å². The maximum absolute atomic E-state index is 4.78. The lowest BCUT2D eigenvalue weighted by Crippen LogP contribution is -2.32. The fourth-order valence-electron chi connectivity index (χ4n) is 3.39. The van der Waals surface area contributed by atoms with E-state index in [1.165, 1.54) is 56.9 Å². The molecule has 1 N–H and O–H groups in total. The van der Waals surface area contributed by atoms with Crippen molar-refractivity contribution in [3.05, 3.63) is 23.4 Å². The molecule has 0 aromatic carbocycles. The molecule has 3 heteroatoms. The van der Waals surface area contributed by atoms with Crippen molar-refractivity contribution < 1.29 is 0 Å². The summed E-state index contributed by atoms with van der Waals surface area (Å²) in [5.41, 5.74) is 2.52. The molecule has 3 rings (SSSR count). The van der Waals surface area contributed by atoms with Crippen molar-refractivity contribution in [2.45, 2.75) is 76.9 Å². The number of aromatic nitrogens is 1. The number of hydrogen-bond acceptors (Lipinski definition) is 3. The SMILES string of the molecule is Cc1cc(CNC2CC2)cc(N(C)C2CCCCCC2)n1. The minimum absolute atomic E-state index is 0.672. The number of anilines is 1. The second-order valence-corrected chi connectivity index (χ2v) is 6.89. The Morgan fingerprint density at radius 2 is 1.81 bits per heavy atom. The number of rotatable bonds is 5. The highest BCUT2D eigenvalue weighted by molar-refractivity contribution is 5.43. The van der Waals surface area contributed by atoms with Gasteiger partial charge in [-0.1, -0.05) is 25.7 Å². The first-order valence-electron chi connectivity index (χ1n) is 8.66. The molecule has 21 heavy (non-hydrogen) atoms. The van der Waals surface area contributed by atoms with Crippen molar-refractivity contribution in [1.29, 1.82) is 0 Å². The molecule has 0 bridgehead atoms. The molecule has 1 heterocycles. The van der Waals surface area contributed by atoms with Gasteiger partial charge in [0, 0.05) is 31.4 Å². The van der Waals surface area contributed by atoms with Crippen LogP contribution in [0.2, 0.25) is 0 Å². The Bertz CT molecular complexity index is 460. The molecule has 2 aliphatic carbocycles. The minimum atomic E-state index is 0.672. The van der Waals surface area contributed by atoms with Gasteiger partial charge in [0.25, 0.3) is 0 Å². The molecule has 0 atom stereocenters. The van der Waals surface area contributed by atoms with Crippen LogP contribution in [-0.2, 0) is 6.54 Å². The van der Waals surface area contributed by atoms with Crippen LogP contribution in [0.4, 0.5) is 5.82 Å². The summed E-state index contributed by atoms with van der Waals surface area (Å²) in [4.78, 5) is 7.21. The zero-order valence-electron chi connectivity index (χ0n) is 13.6. The Morgan fingerprint density at radius 3 is 2.48 bits per heavy atom. The van der Waals surface area contributed by atoms with Crippen LogP contribution >= 0.6 is 0 Å². The molecule has 0 amide bonds. The van der Waals surface area contributed by atoms with Gasteiger partial charge in [0.05, 0.1) is 0 Å². The molecule has 1 aromatic heterocycles. The number of hydrogen-bond donors (Lipinski definition) is 1. The molecule has 0 unspecified atom stereocenters. The van der Waals surface area contributed by atoms with Gasteiger partial charge in [-0.2, -0.15) is 0 Å². The Labute approximate surface area is 129 Å². The molecule has 2 fully saturated rings. The van der Waals surface area contributed by atoms with Gasteiger partial charge in [-0.15, -0.1) is 0 Å². The van der Waals surface area contributed by atoms with Gasteiger partial charge < -0.3 is 10.2 Å². The third-order valence-electron chi connectivity index (χ3n) is 4.91. The number of pyridine rings is 1. The Hall–Kier alpha value is -1.09. The van der Waals surface area contributed by atoms with Crippen LogP contribution in [0.15, 0.2) is 12.1 Å². The summed E-state index contributed by atoms with van der Waals surface area (Å²) in [6.45, 7) is 3.10. The molecular weight excluding hydrogens is 258 g/mol. The van der Waals surface area contributed by atoms with Crippen molar-refractivity contribution in [2.24, 2.45) is 0 Å². The average Bonchev–Trinajstić information content (AvgIpc) is 3.30. The number of nitrogens with zero attached hydrogens (tertiary/aromatic N) is 2. The fraction of sp³-hybridized carbons (Fsp3) is 0.722. The molecule has 0 saturated heterocycles. The van der Waals surface area contributed by atoms with Gasteiger partial charge in [0.1, 0.15) is 5.82 Å². The van der Waals surface area contributed by atoms with Crippen LogP contribution in [0.3, 0.4) is 0 Å². The van der Waals surface area contributed by atoms with E-state index in [1.807, 2.05) is 0 Å². The molecule has 1 aromatic rings. The smallest absolute Gasteiger partial charge is 0.129 e. The third kappa shape index (κ3) is 4.19. The standard InChI is InChI=1S/C18H29N3/c1-14-11-15(13-19-16-9-10-16)12-18(20-14)21(2)17-7-5-3-4-6-8-17/h11-12,16-17,19H,3-10,13H2,1-2H3. The predicted molar refractivity (Wildman–Crippen MR) is 88.7 cm³/mol. The fourth-order valence-corrected chi connectivity index (χ4v) is 3.39. The van der Waals surface area contributed by atoms with Gasteiger partial charge in [0.15, 0.2) is 0 Å². The van der Waals surface area contributed by atoms with Crippen LogP contribution in [0.25, 0.3) is 0 Å². The molecule has 0 aliphatic heterocycles. The molecular formula is C18H29N3. The molecule has 0 radical (unpaired) electrons. The molecule has 0 spiro atoms. The normalized spacial score (nSPS) is 20.3. The van der Waals surface area contributed by atoms with Crippen molar-refractivity contribution in [3.63, 3.8) is 0 Å².